The summed E-state index contributed by atoms with van der Waals surface area (Å²) in [5, 5.41) is 0. The Balaban J connectivity index is 3.01. The average Bonchev–Trinajstić information content (AvgIpc) is 2.55. The van der Waals surface area contributed by atoms with Crippen LogP contribution < -0.4 is 4.72 Å². The van der Waals surface area contributed by atoms with Crippen molar-refractivity contribution in [1.29, 1.82) is 0 Å². The highest BCUT2D eigenvalue weighted by atomic mass is 32.2. The molecule has 1 atom stereocenters. The lowest BCUT2D eigenvalue weighted by Gasteiger charge is -2.19. The number of esters is 1. The van der Waals surface area contributed by atoms with Gasteiger partial charge in [-0.2, -0.15) is 4.79 Å². The van der Waals surface area contributed by atoms with Crippen molar-refractivity contribution >= 4 is 27.5 Å². The number of benzene rings is 1. The van der Waals surface area contributed by atoms with Crippen molar-refractivity contribution in [2.24, 2.45) is 5.92 Å². The molecule has 0 bridgehead atoms. The van der Waals surface area contributed by atoms with E-state index in [1.165, 1.54) is 12.1 Å². The largest absolute Gasteiger partial charge is 0.457 e. The topological polar surface area (TPSA) is 126 Å². The van der Waals surface area contributed by atoms with Crippen LogP contribution in [0.4, 0.5) is 0 Å². The second-order valence-corrected chi connectivity index (χ2v) is 8.27. The fraction of sp³-hybridized carbons (Fsp3) is 0.500. The Morgan fingerprint density at radius 3 is 2.30 bits per heavy atom. The molecule has 0 aliphatic heterocycles. The summed E-state index contributed by atoms with van der Waals surface area (Å²) < 4.78 is 32.4. The van der Waals surface area contributed by atoms with E-state index in [-0.39, 0.29) is 23.8 Å². The van der Waals surface area contributed by atoms with Crippen LogP contribution in [0.15, 0.2) is 29.2 Å². The Kier molecular flexibility index (Phi) is 8.49. The number of rotatable bonds is 10. The molecule has 27 heavy (non-hydrogen) atoms. The van der Waals surface area contributed by atoms with Gasteiger partial charge in [-0.15, -0.1) is 0 Å². The summed E-state index contributed by atoms with van der Waals surface area (Å²) in [5.41, 5.74) is 9.12. The maximum atomic E-state index is 12.6. The van der Waals surface area contributed by atoms with Crippen LogP contribution in [0.3, 0.4) is 0 Å². The molecule has 9 heteroatoms. The van der Waals surface area contributed by atoms with Gasteiger partial charge in [-0.1, -0.05) is 31.5 Å². The van der Waals surface area contributed by atoms with E-state index in [4.69, 9.17) is 5.53 Å². The Bertz CT molecular complexity index is 825. The fourth-order valence-electron chi connectivity index (χ4n) is 2.48. The minimum absolute atomic E-state index is 0.0145. The van der Waals surface area contributed by atoms with E-state index >= 15 is 0 Å². The molecule has 0 heterocycles. The summed E-state index contributed by atoms with van der Waals surface area (Å²) in [6.45, 7) is 7.17. The summed E-state index contributed by atoms with van der Waals surface area (Å²) in [7, 11) is -3.85. The zero-order valence-corrected chi connectivity index (χ0v) is 16.7. The van der Waals surface area contributed by atoms with Crippen LogP contribution in [0.1, 0.15) is 39.2 Å². The van der Waals surface area contributed by atoms with Crippen molar-refractivity contribution in [3.05, 3.63) is 35.4 Å². The van der Waals surface area contributed by atoms with Gasteiger partial charge in [0.05, 0.1) is 11.5 Å². The standard InChI is InChI=1S/C18H25N3O5S/c1-5-26-18(23)17(20-19)16(22)11-14(10-12(2)3)21-27(24,25)15-8-6-13(4)7-9-15/h6-9,12,14,21H,5,10-11H2,1-4H3. The maximum absolute atomic E-state index is 12.6. The van der Waals surface area contributed by atoms with Crippen molar-refractivity contribution < 1.29 is 27.5 Å². The third-order valence-corrected chi connectivity index (χ3v) is 5.21. The zero-order chi connectivity index (χ0) is 20.6. The quantitative estimate of drug-likeness (QED) is 0.213. The molecule has 0 amide bonds. The molecule has 0 spiro atoms. The van der Waals surface area contributed by atoms with Gasteiger partial charge in [-0.05, 0) is 38.3 Å². The van der Waals surface area contributed by atoms with Crippen molar-refractivity contribution in [3.63, 3.8) is 0 Å². The Labute approximate surface area is 159 Å². The molecule has 1 unspecified atom stereocenters. The van der Waals surface area contributed by atoms with Gasteiger partial charge in [0.2, 0.25) is 10.0 Å². The van der Waals surface area contributed by atoms with E-state index < -0.39 is 33.5 Å². The minimum Gasteiger partial charge on any atom is -0.457 e. The van der Waals surface area contributed by atoms with E-state index in [1.807, 2.05) is 20.8 Å². The third kappa shape index (κ3) is 7.05. The fourth-order valence-corrected chi connectivity index (χ4v) is 3.73. The number of Topliss-reactive ketones (excluding diaryl/α,β-unsaturated/α-hetero) is 1. The van der Waals surface area contributed by atoms with Crippen molar-refractivity contribution in [2.45, 2.75) is 51.5 Å². The molecule has 8 nitrogen and oxygen atoms in total. The van der Waals surface area contributed by atoms with Gasteiger partial charge >= 0.3 is 11.7 Å². The number of hydrogen-bond acceptors (Lipinski definition) is 5. The molecule has 0 aromatic heterocycles. The second kappa shape index (κ2) is 10.1. The number of ether oxygens (including phenoxy) is 1. The summed E-state index contributed by atoms with van der Waals surface area (Å²) >= 11 is 0. The van der Waals surface area contributed by atoms with E-state index in [0.717, 1.165) is 5.56 Å². The molecule has 0 aliphatic carbocycles. The summed E-state index contributed by atoms with van der Waals surface area (Å²) in [6, 6.07) is 5.54. The highest BCUT2D eigenvalue weighted by molar-refractivity contribution is 7.89. The first kappa shape index (κ1) is 22.7. The van der Waals surface area contributed by atoms with Crippen LogP contribution in [0.5, 0.6) is 0 Å². The Morgan fingerprint density at radius 1 is 1.22 bits per heavy atom. The van der Waals surface area contributed by atoms with E-state index in [2.05, 4.69) is 14.2 Å². The number of ketones is 1. The van der Waals surface area contributed by atoms with Gasteiger partial charge in [-0.25, -0.2) is 17.9 Å². The van der Waals surface area contributed by atoms with Crippen LogP contribution in [0.2, 0.25) is 0 Å². The zero-order valence-electron chi connectivity index (χ0n) is 15.9. The minimum atomic E-state index is -3.85. The van der Waals surface area contributed by atoms with Crippen molar-refractivity contribution in [3.8, 4) is 0 Å². The molecule has 0 saturated carbocycles. The Hall–Kier alpha value is -2.35. The van der Waals surface area contributed by atoms with Gasteiger partial charge in [0.15, 0.2) is 0 Å². The van der Waals surface area contributed by atoms with Gasteiger partial charge in [0, 0.05) is 12.5 Å². The van der Waals surface area contributed by atoms with E-state index in [1.54, 1.807) is 19.1 Å². The second-order valence-electron chi connectivity index (χ2n) is 6.56. The molecule has 0 saturated heterocycles. The molecule has 1 aromatic carbocycles. The van der Waals surface area contributed by atoms with Gasteiger partial charge in [0.25, 0.3) is 5.78 Å². The van der Waals surface area contributed by atoms with E-state index in [9.17, 15) is 18.0 Å². The summed E-state index contributed by atoms with van der Waals surface area (Å²) in [6.07, 6.45) is 0.0276. The first-order valence-electron chi connectivity index (χ1n) is 8.62. The van der Waals surface area contributed by atoms with Crippen molar-refractivity contribution in [1.82, 2.24) is 4.72 Å². The number of nitrogens with one attached hydrogen (secondary N) is 1. The number of hydrogen-bond donors (Lipinski definition) is 1. The molecule has 0 aliphatic rings. The van der Waals surface area contributed by atoms with Crippen LogP contribution >= 0.6 is 0 Å². The van der Waals surface area contributed by atoms with Crippen LogP contribution in [0, 0.1) is 12.8 Å². The molecule has 1 N–H and O–H groups in total. The molecule has 0 radical (unpaired) electrons. The summed E-state index contributed by atoms with van der Waals surface area (Å²) in [4.78, 5) is 26.8. The first-order chi connectivity index (χ1) is 12.6. The molecular formula is C18H25N3O5S. The number of carbonyl (C=O) groups is 2. The van der Waals surface area contributed by atoms with Gasteiger partial charge < -0.3 is 10.3 Å². The number of nitrogens with zero attached hydrogens (tertiary/aromatic N) is 2. The lowest BCUT2D eigenvalue weighted by Crippen LogP contribution is -2.40. The monoisotopic (exact) mass is 395 g/mol. The smallest absolute Gasteiger partial charge is 0.441 e. The molecule has 1 rings (SSSR count). The third-order valence-electron chi connectivity index (χ3n) is 3.67. The highest BCUT2D eigenvalue weighted by Crippen LogP contribution is 2.15. The number of aryl methyl sites for hydroxylation is 1. The van der Waals surface area contributed by atoms with E-state index in [0.29, 0.717) is 6.42 Å². The summed E-state index contributed by atoms with van der Waals surface area (Å²) in [5.74, 6) is -1.76. The highest BCUT2D eigenvalue weighted by Gasteiger charge is 2.34. The number of sulfonamides is 1. The normalized spacial score (nSPS) is 12.3. The molecular weight excluding hydrogens is 370 g/mol. The van der Waals surface area contributed by atoms with Gasteiger partial charge in [-0.3, -0.25) is 4.79 Å². The molecule has 148 valence electrons. The Morgan fingerprint density at radius 2 is 1.81 bits per heavy atom. The first-order valence-corrected chi connectivity index (χ1v) is 10.1. The lowest BCUT2D eigenvalue weighted by molar-refractivity contribution is -0.141. The maximum Gasteiger partial charge on any atom is 0.441 e. The van der Waals surface area contributed by atoms with Gasteiger partial charge in [0.1, 0.15) is 0 Å². The lowest BCUT2D eigenvalue weighted by atomic mass is 9.98. The number of carbonyl (C=O) groups excluding carboxylic acids is 2. The molecule has 1 aromatic rings. The predicted molar refractivity (Wildman–Crippen MR) is 99.6 cm³/mol. The predicted octanol–water partition coefficient (Wildman–Crippen LogP) is 1.88. The van der Waals surface area contributed by atoms with Crippen LogP contribution in [-0.2, 0) is 24.3 Å². The molecule has 0 fully saturated rings. The van der Waals surface area contributed by atoms with Crippen molar-refractivity contribution in [2.75, 3.05) is 6.61 Å². The van der Waals surface area contributed by atoms with Crippen LogP contribution in [0.25, 0.3) is 5.53 Å². The SMILES string of the molecule is CCOC(=O)C(=[N+]=[N-])C(=O)CC(CC(C)C)NS(=O)(=O)c1ccc(C)cc1. The van der Waals surface area contributed by atoms with Crippen LogP contribution in [-0.4, -0.2) is 43.3 Å². The average molecular weight is 395 g/mol.